The van der Waals surface area contributed by atoms with Crippen molar-refractivity contribution in [3.8, 4) is 33.2 Å². The molecule has 1 aromatic carbocycles. The van der Waals surface area contributed by atoms with Crippen molar-refractivity contribution in [2.24, 2.45) is 5.41 Å². The SMILES string of the molecule is Cc1ccc(-c2nccc3[nH]c(-c4n[nH]c5ccc(-c6cncc(NC(=O)CC(C)(C)C)c6)cc45)nc23)s1. The third kappa shape index (κ3) is 4.68. The van der Waals surface area contributed by atoms with Gasteiger partial charge in [0.25, 0.3) is 0 Å². The van der Waals surface area contributed by atoms with Crippen molar-refractivity contribution in [3.05, 3.63) is 65.9 Å². The molecule has 6 rings (SSSR count). The summed E-state index contributed by atoms with van der Waals surface area (Å²) >= 11 is 1.70. The van der Waals surface area contributed by atoms with Gasteiger partial charge in [-0.15, -0.1) is 11.3 Å². The highest BCUT2D eigenvalue weighted by molar-refractivity contribution is 7.15. The summed E-state index contributed by atoms with van der Waals surface area (Å²) in [5.41, 5.74) is 6.67. The van der Waals surface area contributed by atoms with E-state index in [0.717, 1.165) is 49.3 Å². The molecule has 0 fully saturated rings. The van der Waals surface area contributed by atoms with Crippen LogP contribution in [-0.2, 0) is 4.79 Å². The zero-order valence-electron chi connectivity index (χ0n) is 21.6. The Morgan fingerprint density at radius 1 is 1.00 bits per heavy atom. The lowest BCUT2D eigenvalue weighted by molar-refractivity contribution is -0.117. The van der Waals surface area contributed by atoms with Gasteiger partial charge in [-0.2, -0.15) is 5.10 Å². The van der Waals surface area contributed by atoms with Gasteiger partial charge in [-0.3, -0.25) is 19.9 Å². The number of carbonyl (C=O) groups excluding carboxylic acids is 1. The highest BCUT2D eigenvalue weighted by Crippen LogP contribution is 2.34. The number of fused-ring (bicyclic) bond motifs is 2. The predicted molar refractivity (Wildman–Crippen MR) is 153 cm³/mol. The highest BCUT2D eigenvalue weighted by Gasteiger charge is 2.18. The van der Waals surface area contributed by atoms with Gasteiger partial charge in [-0.05, 0) is 54.3 Å². The number of aryl methyl sites for hydroxylation is 1. The zero-order chi connectivity index (χ0) is 26.4. The van der Waals surface area contributed by atoms with Crippen LogP contribution in [0.5, 0.6) is 0 Å². The van der Waals surface area contributed by atoms with Crippen LogP contribution in [-0.4, -0.2) is 36.0 Å². The lowest BCUT2D eigenvalue weighted by atomic mass is 9.92. The van der Waals surface area contributed by atoms with Crippen molar-refractivity contribution in [1.82, 2.24) is 30.1 Å². The van der Waals surface area contributed by atoms with Gasteiger partial charge in [0.05, 0.1) is 27.8 Å². The summed E-state index contributed by atoms with van der Waals surface area (Å²) in [7, 11) is 0. The molecule has 0 atom stereocenters. The van der Waals surface area contributed by atoms with Crippen molar-refractivity contribution < 1.29 is 4.79 Å². The summed E-state index contributed by atoms with van der Waals surface area (Å²) in [6.45, 7) is 8.22. The number of aromatic amines is 2. The fraction of sp³-hybridized carbons (Fsp3) is 0.207. The molecule has 5 aromatic heterocycles. The number of anilines is 1. The maximum atomic E-state index is 12.4. The number of hydrogen-bond acceptors (Lipinski definition) is 6. The average Bonchev–Trinajstić information content (AvgIpc) is 3.60. The molecule has 0 aliphatic carbocycles. The fourth-order valence-electron chi connectivity index (χ4n) is 4.52. The standard InChI is InChI=1S/C29H27N7OS/c1-16-5-8-23(38-16)27-26-22(9-10-31-27)33-28(34-26)25-20-12-17(6-7-21(20)35-36-25)18-11-19(15-30-14-18)32-24(37)13-29(2,3)4/h5-12,14-15H,13H2,1-4H3,(H,32,37)(H,33,34)(H,35,36). The van der Waals surface area contributed by atoms with Gasteiger partial charge in [0.1, 0.15) is 16.9 Å². The minimum Gasteiger partial charge on any atom is -0.336 e. The molecule has 5 heterocycles. The van der Waals surface area contributed by atoms with E-state index < -0.39 is 0 Å². The summed E-state index contributed by atoms with van der Waals surface area (Å²) in [5.74, 6) is 0.646. The Labute approximate surface area is 223 Å². The first-order valence-corrected chi connectivity index (χ1v) is 13.2. The second-order valence-electron chi connectivity index (χ2n) is 10.6. The Hall–Kier alpha value is -4.37. The Morgan fingerprint density at radius 3 is 2.66 bits per heavy atom. The van der Waals surface area contributed by atoms with Crippen LogP contribution in [0.2, 0.25) is 0 Å². The van der Waals surface area contributed by atoms with Gasteiger partial charge in [0.2, 0.25) is 5.91 Å². The first-order chi connectivity index (χ1) is 18.2. The topological polar surface area (TPSA) is 112 Å². The van der Waals surface area contributed by atoms with Crippen molar-refractivity contribution in [2.45, 2.75) is 34.1 Å². The van der Waals surface area contributed by atoms with Gasteiger partial charge >= 0.3 is 0 Å². The molecule has 190 valence electrons. The third-order valence-corrected chi connectivity index (χ3v) is 7.22. The number of nitrogens with zero attached hydrogens (tertiary/aromatic N) is 4. The Kier molecular flexibility index (Phi) is 5.80. The van der Waals surface area contributed by atoms with Crippen LogP contribution in [0.15, 0.2) is 61.1 Å². The van der Waals surface area contributed by atoms with Crippen LogP contribution in [0, 0.1) is 12.3 Å². The molecule has 0 radical (unpaired) electrons. The fourth-order valence-corrected chi connectivity index (χ4v) is 5.38. The number of pyridine rings is 2. The number of aromatic nitrogens is 6. The van der Waals surface area contributed by atoms with E-state index in [4.69, 9.17) is 4.98 Å². The molecular weight excluding hydrogens is 494 g/mol. The average molecular weight is 522 g/mol. The van der Waals surface area contributed by atoms with Crippen molar-refractivity contribution in [1.29, 1.82) is 0 Å². The van der Waals surface area contributed by atoms with Crippen LogP contribution in [0.4, 0.5) is 5.69 Å². The van der Waals surface area contributed by atoms with Gasteiger partial charge in [-0.1, -0.05) is 26.8 Å². The van der Waals surface area contributed by atoms with Gasteiger partial charge in [0, 0.05) is 34.6 Å². The summed E-state index contributed by atoms with van der Waals surface area (Å²) in [5, 5.41) is 11.6. The maximum absolute atomic E-state index is 12.4. The number of carbonyl (C=O) groups is 1. The molecule has 0 aliphatic heterocycles. The largest absolute Gasteiger partial charge is 0.336 e. The van der Waals surface area contributed by atoms with Crippen LogP contribution in [0.25, 0.3) is 55.2 Å². The molecule has 6 aromatic rings. The highest BCUT2D eigenvalue weighted by atomic mass is 32.1. The van der Waals surface area contributed by atoms with E-state index in [1.807, 2.05) is 45.0 Å². The molecule has 38 heavy (non-hydrogen) atoms. The van der Waals surface area contributed by atoms with Gasteiger partial charge in [0.15, 0.2) is 5.82 Å². The number of H-pyrrole nitrogens is 2. The van der Waals surface area contributed by atoms with E-state index in [2.05, 4.69) is 55.6 Å². The Morgan fingerprint density at radius 2 is 1.87 bits per heavy atom. The molecule has 0 saturated carbocycles. The smallest absolute Gasteiger partial charge is 0.224 e. The second-order valence-corrected chi connectivity index (χ2v) is 11.9. The molecule has 1 amide bonds. The summed E-state index contributed by atoms with van der Waals surface area (Å²) in [4.78, 5) is 32.1. The summed E-state index contributed by atoms with van der Waals surface area (Å²) in [6.07, 6.45) is 5.70. The molecule has 0 bridgehead atoms. The minimum absolute atomic E-state index is 0.0273. The molecular formula is C29H27N7OS. The van der Waals surface area contributed by atoms with E-state index in [0.29, 0.717) is 17.9 Å². The van der Waals surface area contributed by atoms with Crippen LogP contribution in [0.3, 0.4) is 0 Å². The van der Waals surface area contributed by atoms with Gasteiger partial charge < -0.3 is 10.3 Å². The lowest BCUT2D eigenvalue weighted by Crippen LogP contribution is -2.19. The van der Waals surface area contributed by atoms with E-state index in [-0.39, 0.29) is 11.3 Å². The Bertz CT molecular complexity index is 1800. The minimum atomic E-state index is -0.0892. The van der Waals surface area contributed by atoms with Crippen LogP contribution >= 0.6 is 11.3 Å². The maximum Gasteiger partial charge on any atom is 0.224 e. The van der Waals surface area contributed by atoms with Crippen molar-refractivity contribution in [2.75, 3.05) is 5.32 Å². The molecule has 0 spiro atoms. The number of thiophene rings is 1. The van der Waals surface area contributed by atoms with Crippen molar-refractivity contribution in [3.63, 3.8) is 0 Å². The normalized spacial score (nSPS) is 11.9. The number of amides is 1. The molecule has 9 heteroatoms. The molecule has 3 N–H and O–H groups in total. The third-order valence-electron chi connectivity index (χ3n) is 6.21. The van der Waals surface area contributed by atoms with Crippen molar-refractivity contribution >= 4 is 44.9 Å². The number of imidazole rings is 1. The van der Waals surface area contributed by atoms with E-state index in [1.54, 1.807) is 29.9 Å². The predicted octanol–water partition coefficient (Wildman–Crippen LogP) is 6.97. The quantitative estimate of drug-likeness (QED) is 0.227. The number of hydrogen-bond donors (Lipinski definition) is 3. The number of nitrogens with one attached hydrogen (secondary N) is 3. The Balaban J connectivity index is 1.36. The first-order valence-electron chi connectivity index (χ1n) is 12.4. The van der Waals surface area contributed by atoms with Crippen LogP contribution in [0.1, 0.15) is 32.1 Å². The van der Waals surface area contributed by atoms with E-state index in [1.165, 1.54) is 4.88 Å². The first kappa shape index (κ1) is 24.0. The lowest BCUT2D eigenvalue weighted by Gasteiger charge is -2.17. The summed E-state index contributed by atoms with van der Waals surface area (Å²) in [6, 6.07) is 14.1. The van der Waals surface area contributed by atoms with E-state index >= 15 is 0 Å². The number of rotatable bonds is 5. The monoisotopic (exact) mass is 521 g/mol. The second kappa shape index (κ2) is 9.18. The number of benzene rings is 1. The molecule has 0 saturated heterocycles. The van der Waals surface area contributed by atoms with Crippen LogP contribution < -0.4 is 5.32 Å². The van der Waals surface area contributed by atoms with Gasteiger partial charge in [-0.25, -0.2) is 4.98 Å². The van der Waals surface area contributed by atoms with E-state index in [9.17, 15) is 4.79 Å². The molecule has 0 unspecified atom stereocenters. The molecule has 0 aliphatic rings. The summed E-state index contributed by atoms with van der Waals surface area (Å²) < 4.78 is 0. The zero-order valence-corrected chi connectivity index (χ0v) is 22.4. The molecule has 8 nitrogen and oxygen atoms in total.